The molecule has 0 saturated heterocycles. The lowest BCUT2D eigenvalue weighted by Crippen LogP contribution is -2.36. The average Bonchev–Trinajstić information content (AvgIpc) is 2.32. The van der Waals surface area contributed by atoms with E-state index in [0.717, 1.165) is 12.8 Å². The number of carbonyl (C=O) groups excluding carboxylic acids is 1. The van der Waals surface area contributed by atoms with E-state index in [1.165, 1.54) is 11.1 Å². The van der Waals surface area contributed by atoms with Crippen LogP contribution in [-0.4, -0.2) is 17.6 Å². The highest BCUT2D eigenvalue weighted by atomic mass is 16.3. The van der Waals surface area contributed by atoms with Gasteiger partial charge in [0, 0.05) is 0 Å². The van der Waals surface area contributed by atoms with Crippen molar-refractivity contribution in [1.29, 1.82) is 0 Å². The second kappa shape index (κ2) is 4.66. The number of aryl methyl sites for hydroxylation is 1. The van der Waals surface area contributed by atoms with Gasteiger partial charge in [0.05, 0.1) is 6.04 Å². The monoisotopic (exact) mass is 219 g/mol. The summed E-state index contributed by atoms with van der Waals surface area (Å²) in [7, 11) is 0. The zero-order valence-electron chi connectivity index (χ0n) is 9.44. The minimum absolute atomic E-state index is 0.0459. The zero-order valence-corrected chi connectivity index (χ0v) is 9.44. The minimum Gasteiger partial charge on any atom is -0.387 e. The van der Waals surface area contributed by atoms with E-state index in [1.807, 2.05) is 12.1 Å². The summed E-state index contributed by atoms with van der Waals surface area (Å²) < 4.78 is 0. The maximum atomic E-state index is 11.3. The number of hydrogen-bond donors (Lipinski definition) is 2. The molecule has 0 radical (unpaired) electrons. The molecular formula is C13H17NO2. The van der Waals surface area contributed by atoms with Gasteiger partial charge in [-0.15, -0.1) is 0 Å². The lowest BCUT2D eigenvalue weighted by atomic mass is 9.81. The Kier molecular flexibility index (Phi) is 3.25. The van der Waals surface area contributed by atoms with Gasteiger partial charge in [0.25, 0.3) is 0 Å². The Hall–Kier alpha value is -1.35. The maximum Gasteiger partial charge on any atom is 0.246 e. The van der Waals surface area contributed by atoms with Crippen LogP contribution in [0.2, 0.25) is 0 Å². The van der Waals surface area contributed by atoms with Crippen LogP contribution in [-0.2, 0) is 11.2 Å². The Morgan fingerprint density at radius 3 is 3.00 bits per heavy atom. The van der Waals surface area contributed by atoms with Crippen molar-refractivity contribution >= 4 is 5.91 Å². The normalized spacial score (nSPS) is 23.6. The molecule has 1 aliphatic carbocycles. The number of carbonyl (C=O) groups is 1. The van der Waals surface area contributed by atoms with Crippen LogP contribution in [0.3, 0.4) is 0 Å². The summed E-state index contributed by atoms with van der Waals surface area (Å²) in [5.41, 5.74) is 2.51. The summed E-state index contributed by atoms with van der Waals surface area (Å²) >= 11 is 0. The van der Waals surface area contributed by atoms with E-state index in [-0.39, 0.29) is 11.9 Å². The van der Waals surface area contributed by atoms with Gasteiger partial charge in [-0.05, 0) is 29.9 Å². The third-order valence-electron chi connectivity index (χ3n) is 3.29. The predicted octanol–water partition coefficient (Wildman–Crippen LogP) is 1.42. The van der Waals surface area contributed by atoms with Crippen molar-refractivity contribution in [3.63, 3.8) is 0 Å². The molecule has 3 nitrogen and oxygen atoms in total. The molecule has 1 aromatic rings. The van der Waals surface area contributed by atoms with Crippen molar-refractivity contribution in [3.8, 4) is 0 Å². The van der Waals surface area contributed by atoms with Crippen LogP contribution in [0, 0.1) is 5.92 Å². The van der Waals surface area contributed by atoms with E-state index in [1.54, 1.807) is 0 Å². The zero-order chi connectivity index (χ0) is 11.5. The number of fused-ring (bicyclic) bond motifs is 1. The van der Waals surface area contributed by atoms with Crippen LogP contribution >= 0.6 is 0 Å². The van der Waals surface area contributed by atoms with E-state index in [2.05, 4.69) is 24.4 Å². The Morgan fingerprint density at radius 2 is 2.25 bits per heavy atom. The Bertz CT molecular complexity index is 389. The number of rotatable bonds is 2. The Morgan fingerprint density at radius 1 is 1.50 bits per heavy atom. The van der Waals surface area contributed by atoms with Gasteiger partial charge in [0.1, 0.15) is 6.61 Å². The average molecular weight is 219 g/mol. The lowest BCUT2D eigenvalue weighted by molar-refractivity contribution is -0.125. The molecule has 1 aliphatic rings. The van der Waals surface area contributed by atoms with E-state index < -0.39 is 6.61 Å². The molecule has 0 aromatic heterocycles. The summed E-state index contributed by atoms with van der Waals surface area (Å²) in [6.45, 7) is 1.70. The standard InChI is InChI=1S/C13H17NO2/c1-9-6-7-10-4-2-3-5-11(10)13(9)14-12(16)8-15/h2-5,9,13,15H,6-8H2,1H3,(H,14,16). The van der Waals surface area contributed by atoms with Crippen LogP contribution in [0.25, 0.3) is 0 Å². The molecule has 1 aromatic carbocycles. The minimum atomic E-state index is -0.439. The molecule has 0 heterocycles. The molecule has 2 unspecified atom stereocenters. The molecule has 2 rings (SSSR count). The second-order valence-corrected chi connectivity index (χ2v) is 4.42. The van der Waals surface area contributed by atoms with Gasteiger partial charge in [0.2, 0.25) is 5.91 Å². The van der Waals surface area contributed by atoms with Gasteiger partial charge in [-0.2, -0.15) is 0 Å². The van der Waals surface area contributed by atoms with Gasteiger partial charge in [-0.3, -0.25) is 4.79 Å². The summed E-state index contributed by atoms with van der Waals surface area (Å²) in [6.07, 6.45) is 2.15. The molecule has 3 heteroatoms. The summed E-state index contributed by atoms with van der Waals surface area (Å²) in [5.74, 6) is 0.124. The van der Waals surface area contributed by atoms with E-state index >= 15 is 0 Å². The number of aliphatic hydroxyl groups is 1. The predicted molar refractivity (Wildman–Crippen MR) is 61.9 cm³/mol. The van der Waals surface area contributed by atoms with Crippen molar-refractivity contribution in [2.24, 2.45) is 5.92 Å². The van der Waals surface area contributed by atoms with Gasteiger partial charge in [-0.25, -0.2) is 0 Å². The molecule has 2 atom stereocenters. The smallest absolute Gasteiger partial charge is 0.246 e. The largest absolute Gasteiger partial charge is 0.387 e. The van der Waals surface area contributed by atoms with Gasteiger partial charge in [-0.1, -0.05) is 31.2 Å². The molecule has 2 N–H and O–H groups in total. The first-order chi connectivity index (χ1) is 7.72. The fourth-order valence-electron chi connectivity index (χ4n) is 2.36. The highest BCUT2D eigenvalue weighted by Gasteiger charge is 2.27. The van der Waals surface area contributed by atoms with Crippen molar-refractivity contribution in [3.05, 3.63) is 35.4 Å². The molecule has 0 saturated carbocycles. The molecule has 0 fully saturated rings. The molecular weight excluding hydrogens is 202 g/mol. The molecule has 16 heavy (non-hydrogen) atoms. The molecule has 1 amide bonds. The van der Waals surface area contributed by atoms with Crippen molar-refractivity contribution in [2.75, 3.05) is 6.61 Å². The summed E-state index contributed by atoms with van der Waals surface area (Å²) in [5, 5.41) is 11.7. The van der Waals surface area contributed by atoms with E-state index in [0.29, 0.717) is 5.92 Å². The maximum absolute atomic E-state index is 11.3. The number of aliphatic hydroxyl groups excluding tert-OH is 1. The fraction of sp³-hybridized carbons (Fsp3) is 0.462. The number of nitrogens with one attached hydrogen (secondary N) is 1. The first-order valence-corrected chi connectivity index (χ1v) is 5.70. The topological polar surface area (TPSA) is 49.3 Å². The third kappa shape index (κ3) is 2.09. The van der Waals surface area contributed by atoms with Gasteiger partial charge < -0.3 is 10.4 Å². The van der Waals surface area contributed by atoms with E-state index in [4.69, 9.17) is 5.11 Å². The van der Waals surface area contributed by atoms with Gasteiger partial charge in [0.15, 0.2) is 0 Å². The van der Waals surface area contributed by atoms with Crippen LogP contribution in [0.1, 0.15) is 30.5 Å². The molecule has 0 bridgehead atoms. The highest BCUT2D eigenvalue weighted by molar-refractivity contribution is 5.77. The summed E-state index contributed by atoms with van der Waals surface area (Å²) in [4.78, 5) is 11.3. The SMILES string of the molecule is CC1CCc2ccccc2C1NC(=O)CO. The van der Waals surface area contributed by atoms with Crippen LogP contribution in [0.4, 0.5) is 0 Å². The molecule has 86 valence electrons. The second-order valence-electron chi connectivity index (χ2n) is 4.42. The van der Waals surface area contributed by atoms with E-state index in [9.17, 15) is 4.79 Å². The van der Waals surface area contributed by atoms with Crippen molar-refractivity contribution < 1.29 is 9.90 Å². The quantitative estimate of drug-likeness (QED) is 0.790. The lowest BCUT2D eigenvalue weighted by Gasteiger charge is -2.31. The summed E-state index contributed by atoms with van der Waals surface area (Å²) in [6, 6.07) is 8.24. The Labute approximate surface area is 95.5 Å². The van der Waals surface area contributed by atoms with Crippen molar-refractivity contribution in [1.82, 2.24) is 5.32 Å². The first kappa shape index (κ1) is 11.1. The van der Waals surface area contributed by atoms with Crippen LogP contribution < -0.4 is 5.32 Å². The third-order valence-corrected chi connectivity index (χ3v) is 3.29. The Balaban J connectivity index is 2.26. The van der Waals surface area contributed by atoms with Crippen molar-refractivity contribution in [2.45, 2.75) is 25.8 Å². The van der Waals surface area contributed by atoms with Crippen LogP contribution in [0.15, 0.2) is 24.3 Å². The van der Waals surface area contributed by atoms with Gasteiger partial charge >= 0.3 is 0 Å². The number of amides is 1. The van der Waals surface area contributed by atoms with Crippen LogP contribution in [0.5, 0.6) is 0 Å². The number of benzene rings is 1. The fourth-order valence-corrected chi connectivity index (χ4v) is 2.36. The number of hydrogen-bond acceptors (Lipinski definition) is 2. The first-order valence-electron chi connectivity index (χ1n) is 5.70. The molecule has 0 spiro atoms. The highest BCUT2D eigenvalue weighted by Crippen LogP contribution is 2.33. The molecule has 0 aliphatic heterocycles.